The van der Waals surface area contributed by atoms with Crippen LogP contribution in [0.1, 0.15) is 224 Å². The number of urea groups is 1. The second kappa shape index (κ2) is 36.6. The van der Waals surface area contributed by atoms with Crippen molar-refractivity contribution in [1.82, 2.24) is 15.8 Å². The average Bonchev–Trinajstić information content (AvgIpc) is 3.23. The number of ether oxygens (including phenoxy) is 3. The molecule has 0 unspecified atom stereocenters. The third-order valence-corrected chi connectivity index (χ3v) is 10.8. The number of amides is 3. The Hall–Kier alpha value is -3.49. The zero-order valence-electron chi connectivity index (χ0n) is 37.3. The smallest absolute Gasteiger partial charge is 0.337 e. The highest BCUT2D eigenvalue weighted by Crippen LogP contribution is 2.41. The van der Waals surface area contributed by atoms with Crippen molar-refractivity contribution < 1.29 is 23.8 Å². The van der Waals surface area contributed by atoms with Crippen LogP contribution in [-0.2, 0) is 0 Å². The van der Waals surface area contributed by atoms with Crippen molar-refractivity contribution >= 4 is 17.6 Å². The first-order valence-corrected chi connectivity index (χ1v) is 23.9. The number of unbranched alkanes of at least 4 members (excludes halogenated alkanes) is 27. The van der Waals surface area contributed by atoms with Gasteiger partial charge in [-0.05, 0) is 31.4 Å². The van der Waals surface area contributed by atoms with Gasteiger partial charge in [0, 0.05) is 30.1 Å². The van der Waals surface area contributed by atoms with Crippen molar-refractivity contribution in [3.05, 3.63) is 42.2 Å². The van der Waals surface area contributed by atoms with Gasteiger partial charge in [-0.15, -0.1) is 0 Å². The van der Waals surface area contributed by atoms with E-state index < -0.39 is 11.9 Å². The van der Waals surface area contributed by atoms with Crippen molar-refractivity contribution in [2.45, 2.75) is 213 Å². The Labute approximate surface area is 354 Å². The van der Waals surface area contributed by atoms with Crippen LogP contribution in [0, 0.1) is 0 Å². The van der Waals surface area contributed by atoms with Crippen LogP contribution in [0.4, 0.5) is 10.5 Å². The third-order valence-electron chi connectivity index (χ3n) is 10.8. The molecule has 1 aromatic heterocycles. The minimum absolute atomic E-state index is 0.393. The van der Waals surface area contributed by atoms with Crippen molar-refractivity contribution in [3.63, 3.8) is 0 Å². The first-order valence-electron chi connectivity index (χ1n) is 23.9. The summed E-state index contributed by atoms with van der Waals surface area (Å²) in [7, 11) is 0. The van der Waals surface area contributed by atoms with Gasteiger partial charge in [0.15, 0.2) is 11.5 Å². The average molecular weight is 809 g/mol. The maximum atomic E-state index is 13.0. The quantitative estimate of drug-likeness (QED) is 0.0460. The van der Waals surface area contributed by atoms with Gasteiger partial charge in [0.05, 0.1) is 25.5 Å². The van der Waals surface area contributed by atoms with Crippen molar-refractivity contribution in [3.8, 4) is 17.2 Å². The van der Waals surface area contributed by atoms with Crippen LogP contribution >= 0.6 is 0 Å². The first kappa shape index (κ1) is 50.7. The molecule has 58 heavy (non-hydrogen) atoms. The molecule has 1 aromatic carbocycles. The summed E-state index contributed by atoms with van der Waals surface area (Å²) in [5, 5.41) is 2.86. The fourth-order valence-corrected chi connectivity index (χ4v) is 7.16. The second-order valence-electron chi connectivity index (χ2n) is 16.2. The summed E-state index contributed by atoms with van der Waals surface area (Å²) in [6.07, 6.45) is 40.7. The van der Waals surface area contributed by atoms with E-state index in [1.807, 2.05) is 12.1 Å². The topological polar surface area (TPSA) is 111 Å². The largest absolute Gasteiger partial charge is 0.489 e. The molecule has 9 nitrogen and oxygen atoms in total. The Morgan fingerprint density at radius 1 is 0.466 bits per heavy atom. The number of aromatic nitrogens is 1. The lowest BCUT2D eigenvalue weighted by Gasteiger charge is -2.19. The number of benzene rings is 1. The van der Waals surface area contributed by atoms with Gasteiger partial charge < -0.3 is 19.5 Å². The Balaban J connectivity index is 2.05. The summed E-state index contributed by atoms with van der Waals surface area (Å²) in [6.45, 7) is 8.48. The molecule has 0 bridgehead atoms. The number of carbonyl (C=O) groups is 2. The van der Waals surface area contributed by atoms with E-state index in [0.717, 1.165) is 38.5 Å². The zero-order valence-corrected chi connectivity index (χ0v) is 37.3. The predicted molar refractivity (Wildman–Crippen MR) is 242 cm³/mol. The van der Waals surface area contributed by atoms with Crippen LogP contribution < -0.4 is 30.4 Å². The van der Waals surface area contributed by atoms with Crippen molar-refractivity contribution in [2.24, 2.45) is 0 Å². The standard InChI is InChI=1S/C49H84N4O5/c1-4-7-10-13-16-19-22-25-28-31-38-56-45-41-44(51-49(55)53-52-48(54)43-34-36-50-37-35-43)42-46(57-39-32-29-26-23-20-17-14-11-8-5-2)47(45)58-40-33-30-27-24-21-18-15-12-9-6-3/h34-37,41-42H,4-33,38-40H2,1-3H3,(H,52,54)(H2,51,53,55). The van der Waals surface area contributed by atoms with Crippen LogP contribution in [-0.4, -0.2) is 36.7 Å². The lowest BCUT2D eigenvalue weighted by molar-refractivity contribution is 0.0937. The van der Waals surface area contributed by atoms with Crippen molar-refractivity contribution in [2.75, 3.05) is 25.1 Å². The number of hydrazine groups is 1. The summed E-state index contributed by atoms with van der Waals surface area (Å²) >= 11 is 0. The maximum Gasteiger partial charge on any atom is 0.337 e. The van der Waals surface area contributed by atoms with Gasteiger partial charge in [0.2, 0.25) is 5.75 Å². The first-order chi connectivity index (χ1) is 28.6. The molecule has 0 aliphatic heterocycles. The van der Waals surface area contributed by atoms with E-state index in [4.69, 9.17) is 14.2 Å². The van der Waals surface area contributed by atoms with Crippen LogP contribution in [0.15, 0.2) is 36.7 Å². The summed E-state index contributed by atoms with van der Waals surface area (Å²) in [4.78, 5) is 29.5. The van der Waals surface area contributed by atoms with Gasteiger partial charge in [0.1, 0.15) is 0 Å². The summed E-state index contributed by atoms with van der Waals surface area (Å²) in [6, 6.07) is 6.20. The molecule has 0 saturated carbocycles. The minimum Gasteiger partial charge on any atom is -0.489 e. The molecule has 0 spiro atoms. The van der Waals surface area contributed by atoms with Crippen LogP contribution in [0.2, 0.25) is 0 Å². The Morgan fingerprint density at radius 3 is 1.19 bits per heavy atom. The number of carbonyl (C=O) groups excluding carboxylic acids is 2. The summed E-state index contributed by atoms with van der Waals surface area (Å²) in [5.41, 5.74) is 5.81. The molecule has 0 saturated heterocycles. The van der Waals surface area contributed by atoms with Gasteiger partial charge >= 0.3 is 6.03 Å². The molecule has 0 aliphatic carbocycles. The Morgan fingerprint density at radius 2 is 0.810 bits per heavy atom. The maximum absolute atomic E-state index is 13.0. The monoisotopic (exact) mass is 809 g/mol. The fourth-order valence-electron chi connectivity index (χ4n) is 7.16. The molecule has 0 fully saturated rings. The van der Waals surface area contributed by atoms with E-state index in [1.54, 1.807) is 12.1 Å². The lowest BCUT2D eigenvalue weighted by Crippen LogP contribution is -2.43. The molecular formula is C49H84N4O5. The molecule has 3 amide bonds. The molecule has 3 N–H and O–H groups in total. The number of anilines is 1. The van der Waals surface area contributed by atoms with Crippen molar-refractivity contribution in [1.29, 1.82) is 0 Å². The number of nitrogens with zero attached hydrogens (tertiary/aromatic N) is 1. The summed E-state index contributed by atoms with van der Waals surface area (Å²) < 4.78 is 19.4. The fraction of sp³-hybridized carbons (Fsp3) is 0.735. The van der Waals surface area contributed by atoms with Gasteiger partial charge in [0.25, 0.3) is 5.91 Å². The van der Waals surface area contributed by atoms with Gasteiger partial charge in [-0.1, -0.05) is 194 Å². The van der Waals surface area contributed by atoms with E-state index in [9.17, 15) is 9.59 Å². The number of rotatable bonds is 38. The Kier molecular flexibility index (Phi) is 31.9. The molecular weight excluding hydrogens is 725 g/mol. The minimum atomic E-state index is -0.581. The number of nitrogens with one attached hydrogen (secondary N) is 3. The molecule has 330 valence electrons. The zero-order chi connectivity index (χ0) is 41.6. The second-order valence-corrected chi connectivity index (χ2v) is 16.2. The molecule has 0 aliphatic rings. The normalized spacial score (nSPS) is 11.0. The van der Waals surface area contributed by atoms with E-state index in [-0.39, 0.29) is 0 Å². The number of hydrogen-bond donors (Lipinski definition) is 3. The number of pyridine rings is 1. The molecule has 9 heteroatoms. The molecule has 1 heterocycles. The third kappa shape index (κ3) is 26.5. The molecule has 2 aromatic rings. The van der Waals surface area contributed by atoms with E-state index >= 15 is 0 Å². The Bertz CT molecular complexity index is 1230. The predicted octanol–water partition coefficient (Wildman–Crippen LogP) is 14.4. The molecule has 0 atom stereocenters. The summed E-state index contributed by atoms with van der Waals surface area (Å²) in [5.74, 6) is 1.31. The van der Waals surface area contributed by atoms with Gasteiger partial charge in [-0.2, -0.15) is 0 Å². The highest BCUT2D eigenvalue weighted by Gasteiger charge is 2.18. The molecule has 2 rings (SSSR count). The van der Waals surface area contributed by atoms with Crippen LogP contribution in [0.5, 0.6) is 17.2 Å². The van der Waals surface area contributed by atoms with Gasteiger partial charge in [-0.25, -0.2) is 10.2 Å². The lowest BCUT2D eigenvalue weighted by atomic mass is 10.1. The highest BCUT2D eigenvalue weighted by atomic mass is 16.5. The van der Waals surface area contributed by atoms with E-state index in [2.05, 4.69) is 41.9 Å². The van der Waals surface area contributed by atoms with Gasteiger partial charge in [-0.3, -0.25) is 15.2 Å². The van der Waals surface area contributed by atoms with E-state index in [0.29, 0.717) is 48.3 Å². The van der Waals surface area contributed by atoms with Crippen LogP contribution in [0.25, 0.3) is 0 Å². The van der Waals surface area contributed by atoms with Crippen LogP contribution in [0.3, 0.4) is 0 Å². The molecule has 0 radical (unpaired) electrons. The highest BCUT2D eigenvalue weighted by molar-refractivity contribution is 5.97. The van der Waals surface area contributed by atoms with E-state index in [1.165, 1.54) is 166 Å². The number of hydrogen-bond acceptors (Lipinski definition) is 6. The SMILES string of the molecule is CCCCCCCCCCCCOc1cc(NC(=O)NNC(=O)c2ccncc2)cc(OCCCCCCCCCCCC)c1OCCCCCCCCCCCC.